The molecular formula is C11H9F3O2. The molecule has 1 aliphatic carbocycles. The van der Waals surface area contributed by atoms with Crippen molar-refractivity contribution in [3.05, 3.63) is 34.9 Å². The van der Waals surface area contributed by atoms with Crippen LogP contribution in [0.25, 0.3) is 0 Å². The molecule has 1 N–H and O–H groups in total. The quantitative estimate of drug-likeness (QED) is 0.846. The Kier molecular flexibility index (Phi) is 2.40. The number of hydrogen-bond donors (Lipinski definition) is 1. The molecule has 16 heavy (non-hydrogen) atoms. The lowest BCUT2D eigenvalue weighted by Gasteiger charge is -2.11. The SMILES string of the molecule is O=C(O)c1ccc(C2CC2)cc1C(F)(F)F. The highest BCUT2D eigenvalue weighted by Crippen LogP contribution is 2.42. The van der Waals surface area contributed by atoms with E-state index in [1.807, 2.05) is 0 Å². The summed E-state index contributed by atoms with van der Waals surface area (Å²) in [6, 6.07) is 3.47. The summed E-state index contributed by atoms with van der Waals surface area (Å²) in [4.78, 5) is 10.7. The molecule has 2 nitrogen and oxygen atoms in total. The van der Waals surface area contributed by atoms with E-state index in [0.717, 1.165) is 25.0 Å². The second kappa shape index (κ2) is 3.50. The standard InChI is InChI=1S/C11H9F3O2/c12-11(13,14)9-5-7(6-1-2-6)3-4-8(9)10(15)16/h3-6H,1-2H2,(H,15,16). The van der Waals surface area contributed by atoms with Crippen LogP contribution in [0.4, 0.5) is 13.2 Å². The minimum atomic E-state index is -4.61. The number of alkyl halides is 3. The summed E-state index contributed by atoms with van der Waals surface area (Å²) >= 11 is 0. The van der Waals surface area contributed by atoms with Gasteiger partial charge in [0.15, 0.2) is 0 Å². The third-order valence-electron chi connectivity index (χ3n) is 2.63. The Morgan fingerprint density at radius 2 is 1.94 bits per heavy atom. The molecule has 0 aromatic heterocycles. The molecule has 0 bridgehead atoms. The van der Waals surface area contributed by atoms with Crippen molar-refractivity contribution in [2.75, 3.05) is 0 Å². The Labute approximate surface area is 89.7 Å². The monoisotopic (exact) mass is 230 g/mol. The molecule has 5 heteroatoms. The van der Waals surface area contributed by atoms with Crippen LogP contribution in [0.15, 0.2) is 18.2 Å². The maximum atomic E-state index is 12.6. The van der Waals surface area contributed by atoms with Gasteiger partial charge in [-0.3, -0.25) is 0 Å². The fourth-order valence-corrected chi connectivity index (χ4v) is 1.65. The van der Waals surface area contributed by atoms with Crippen LogP contribution < -0.4 is 0 Å². The number of benzene rings is 1. The van der Waals surface area contributed by atoms with E-state index in [9.17, 15) is 18.0 Å². The summed E-state index contributed by atoms with van der Waals surface area (Å²) in [5.41, 5.74) is -1.15. The highest BCUT2D eigenvalue weighted by molar-refractivity contribution is 5.89. The molecule has 0 aliphatic heterocycles. The fourth-order valence-electron chi connectivity index (χ4n) is 1.65. The minimum Gasteiger partial charge on any atom is -0.478 e. The van der Waals surface area contributed by atoms with Gasteiger partial charge in [0.25, 0.3) is 0 Å². The van der Waals surface area contributed by atoms with Gasteiger partial charge in [0.1, 0.15) is 0 Å². The molecule has 1 aromatic rings. The van der Waals surface area contributed by atoms with Gasteiger partial charge in [-0.05, 0) is 36.5 Å². The summed E-state index contributed by atoms with van der Waals surface area (Å²) < 4.78 is 37.8. The first-order valence-electron chi connectivity index (χ1n) is 4.84. The Hall–Kier alpha value is -1.52. The Morgan fingerprint density at radius 3 is 2.38 bits per heavy atom. The molecule has 0 radical (unpaired) electrons. The van der Waals surface area contributed by atoms with Crippen molar-refractivity contribution in [3.8, 4) is 0 Å². The number of carboxylic acids is 1. The van der Waals surface area contributed by atoms with E-state index in [1.165, 1.54) is 6.07 Å². The van der Waals surface area contributed by atoms with Crippen LogP contribution in [0.5, 0.6) is 0 Å². The number of carboxylic acid groups (broad SMARTS) is 1. The predicted molar refractivity (Wildman–Crippen MR) is 50.4 cm³/mol. The number of carbonyl (C=O) groups is 1. The number of halogens is 3. The summed E-state index contributed by atoms with van der Waals surface area (Å²) in [6.07, 6.45) is -2.86. The van der Waals surface area contributed by atoms with Crippen LogP contribution >= 0.6 is 0 Å². The molecule has 0 spiro atoms. The molecule has 86 valence electrons. The molecule has 1 fully saturated rings. The van der Waals surface area contributed by atoms with Crippen molar-refractivity contribution in [2.45, 2.75) is 24.9 Å². The number of hydrogen-bond acceptors (Lipinski definition) is 1. The normalized spacial score (nSPS) is 16.2. The zero-order valence-corrected chi connectivity index (χ0v) is 8.21. The lowest BCUT2D eigenvalue weighted by Crippen LogP contribution is -2.13. The Morgan fingerprint density at radius 1 is 1.31 bits per heavy atom. The largest absolute Gasteiger partial charge is 0.478 e. The Balaban J connectivity index is 2.50. The van der Waals surface area contributed by atoms with Crippen molar-refractivity contribution in [3.63, 3.8) is 0 Å². The average molecular weight is 230 g/mol. The molecule has 1 aliphatic rings. The molecule has 0 heterocycles. The van der Waals surface area contributed by atoms with Gasteiger partial charge < -0.3 is 5.11 Å². The van der Waals surface area contributed by atoms with E-state index in [4.69, 9.17) is 5.11 Å². The first kappa shape index (κ1) is 11.0. The fraction of sp³-hybridized carbons (Fsp3) is 0.364. The van der Waals surface area contributed by atoms with Crippen molar-refractivity contribution in [1.82, 2.24) is 0 Å². The topological polar surface area (TPSA) is 37.3 Å². The summed E-state index contributed by atoms with van der Waals surface area (Å²) in [7, 11) is 0. The molecule has 0 saturated heterocycles. The van der Waals surface area contributed by atoms with Gasteiger partial charge in [0, 0.05) is 0 Å². The zero-order chi connectivity index (χ0) is 11.9. The van der Waals surface area contributed by atoms with Gasteiger partial charge in [0.05, 0.1) is 11.1 Å². The number of rotatable bonds is 2. The van der Waals surface area contributed by atoms with Gasteiger partial charge in [-0.25, -0.2) is 4.79 Å². The van der Waals surface area contributed by atoms with Crippen molar-refractivity contribution < 1.29 is 23.1 Å². The minimum absolute atomic E-state index is 0.170. The Bertz CT molecular complexity index is 433. The summed E-state index contributed by atoms with van der Waals surface area (Å²) in [5, 5.41) is 8.67. The first-order valence-corrected chi connectivity index (χ1v) is 4.84. The predicted octanol–water partition coefficient (Wildman–Crippen LogP) is 3.28. The van der Waals surface area contributed by atoms with Gasteiger partial charge >= 0.3 is 12.1 Å². The van der Waals surface area contributed by atoms with Crippen molar-refractivity contribution >= 4 is 5.97 Å². The smallest absolute Gasteiger partial charge is 0.417 e. The molecule has 0 unspecified atom stereocenters. The van der Waals surface area contributed by atoms with Gasteiger partial charge in [-0.15, -0.1) is 0 Å². The molecule has 1 aromatic carbocycles. The molecular weight excluding hydrogens is 221 g/mol. The summed E-state index contributed by atoms with van der Waals surface area (Å²) in [6.45, 7) is 0. The third-order valence-corrected chi connectivity index (χ3v) is 2.63. The van der Waals surface area contributed by atoms with Crippen LogP contribution in [0.1, 0.15) is 40.2 Å². The maximum absolute atomic E-state index is 12.6. The highest BCUT2D eigenvalue weighted by Gasteiger charge is 2.36. The van der Waals surface area contributed by atoms with Gasteiger partial charge in [0.2, 0.25) is 0 Å². The lowest BCUT2D eigenvalue weighted by atomic mass is 10.0. The molecule has 2 rings (SSSR count). The van der Waals surface area contributed by atoms with E-state index in [-0.39, 0.29) is 5.92 Å². The van der Waals surface area contributed by atoms with Crippen LogP contribution in [0.3, 0.4) is 0 Å². The van der Waals surface area contributed by atoms with Crippen LogP contribution in [0, 0.1) is 0 Å². The summed E-state index contributed by atoms with van der Waals surface area (Å²) in [5.74, 6) is -1.38. The lowest BCUT2D eigenvalue weighted by molar-refractivity contribution is -0.138. The van der Waals surface area contributed by atoms with Gasteiger partial charge in [-0.1, -0.05) is 6.07 Å². The highest BCUT2D eigenvalue weighted by atomic mass is 19.4. The maximum Gasteiger partial charge on any atom is 0.417 e. The van der Waals surface area contributed by atoms with Crippen molar-refractivity contribution in [2.24, 2.45) is 0 Å². The van der Waals surface area contributed by atoms with Crippen LogP contribution in [-0.4, -0.2) is 11.1 Å². The second-order valence-electron chi connectivity index (χ2n) is 3.88. The molecule has 0 atom stereocenters. The van der Waals surface area contributed by atoms with E-state index in [2.05, 4.69) is 0 Å². The van der Waals surface area contributed by atoms with E-state index >= 15 is 0 Å². The average Bonchev–Trinajstić information content (AvgIpc) is 2.98. The number of aromatic carboxylic acids is 1. The molecule has 1 saturated carbocycles. The van der Waals surface area contributed by atoms with E-state index in [1.54, 1.807) is 0 Å². The van der Waals surface area contributed by atoms with E-state index < -0.39 is 23.3 Å². The second-order valence-corrected chi connectivity index (χ2v) is 3.88. The first-order chi connectivity index (χ1) is 7.39. The zero-order valence-electron chi connectivity index (χ0n) is 8.21. The van der Waals surface area contributed by atoms with Crippen LogP contribution in [-0.2, 0) is 6.18 Å². The third kappa shape index (κ3) is 2.03. The van der Waals surface area contributed by atoms with Crippen LogP contribution in [0.2, 0.25) is 0 Å². The van der Waals surface area contributed by atoms with Crippen molar-refractivity contribution in [1.29, 1.82) is 0 Å². The molecule has 0 amide bonds. The van der Waals surface area contributed by atoms with Gasteiger partial charge in [-0.2, -0.15) is 13.2 Å². The van der Waals surface area contributed by atoms with E-state index in [0.29, 0.717) is 5.56 Å².